The maximum atomic E-state index is 11.5. The zero-order valence-corrected chi connectivity index (χ0v) is 10.5. The number of nitrogens with zero attached hydrogens (tertiary/aromatic N) is 1. The Balaban J connectivity index is 2.05. The molecule has 2 heterocycles. The van der Waals surface area contributed by atoms with Crippen molar-refractivity contribution in [1.29, 1.82) is 0 Å². The highest BCUT2D eigenvalue weighted by Crippen LogP contribution is 2.27. The number of likely N-dealkylation sites (tertiary alicyclic amines) is 1. The molecule has 14 heavy (non-hydrogen) atoms. The van der Waals surface area contributed by atoms with Crippen LogP contribution in [-0.2, 0) is 11.3 Å². The minimum atomic E-state index is -0.0140. The Hall–Kier alpha value is -0.0600. The lowest BCUT2D eigenvalue weighted by atomic mass is 10.3. The summed E-state index contributed by atoms with van der Waals surface area (Å²) >= 11 is 11.0. The lowest BCUT2D eigenvalue weighted by molar-refractivity contribution is -0.128. The van der Waals surface area contributed by atoms with Crippen LogP contribution in [0.4, 0.5) is 0 Å². The van der Waals surface area contributed by atoms with Gasteiger partial charge in [-0.25, -0.2) is 0 Å². The monoisotopic (exact) mass is 293 g/mol. The van der Waals surface area contributed by atoms with Gasteiger partial charge in [0.15, 0.2) is 0 Å². The van der Waals surface area contributed by atoms with Crippen molar-refractivity contribution in [2.24, 2.45) is 0 Å². The number of carbonyl (C=O) groups excluding carboxylic acids is 1. The van der Waals surface area contributed by atoms with Crippen molar-refractivity contribution in [3.05, 3.63) is 20.8 Å². The molecule has 0 bridgehead atoms. The second-order valence-electron chi connectivity index (χ2n) is 3.30. The lowest BCUT2D eigenvalue weighted by Gasteiger charge is -2.14. The van der Waals surface area contributed by atoms with Crippen molar-refractivity contribution < 1.29 is 4.79 Å². The van der Waals surface area contributed by atoms with Gasteiger partial charge in [0.1, 0.15) is 0 Å². The number of hydrogen-bond donors (Lipinski definition) is 0. The minimum absolute atomic E-state index is 0.0140. The zero-order chi connectivity index (χ0) is 10.1. The first-order chi connectivity index (χ1) is 6.66. The summed E-state index contributed by atoms with van der Waals surface area (Å²) in [5, 5.41) is 2.00. The first-order valence-corrected chi connectivity index (χ1v) is 6.41. The van der Waals surface area contributed by atoms with Crippen LogP contribution in [0.25, 0.3) is 0 Å². The van der Waals surface area contributed by atoms with Gasteiger partial charge in [-0.2, -0.15) is 0 Å². The number of rotatable bonds is 2. The molecule has 1 aromatic rings. The molecule has 76 valence electrons. The molecule has 5 heteroatoms. The van der Waals surface area contributed by atoms with Gasteiger partial charge in [0.2, 0.25) is 5.91 Å². The largest absolute Gasteiger partial charge is 0.337 e. The summed E-state index contributed by atoms with van der Waals surface area (Å²) in [7, 11) is 0. The third-order valence-electron chi connectivity index (χ3n) is 2.22. The van der Waals surface area contributed by atoms with E-state index in [1.807, 2.05) is 16.3 Å². The summed E-state index contributed by atoms with van der Waals surface area (Å²) in [6.07, 6.45) is 0.476. The Labute approximate surface area is 100.0 Å². The zero-order valence-electron chi connectivity index (χ0n) is 7.37. The molecule has 2 rings (SSSR count). The van der Waals surface area contributed by atoms with E-state index in [0.717, 1.165) is 9.35 Å². The molecule has 1 saturated heterocycles. The van der Waals surface area contributed by atoms with Gasteiger partial charge in [-0.05, 0) is 32.9 Å². The van der Waals surface area contributed by atoms with Crippen LogP contribution < -0.4 is 0 Å². The highest BCUT2D eigenvalue weighted by atomic mass is 79.9. The molecule has 1 aromatic heterocycles. The van der Waals surface area contributed by atoms with Crippen molar-refractivity contribution in [3.63, 3.8) is 0 Å². The van der Waals surface area contributed by atoms with E-state index in [-0.39, 0.29) is 11.3 Å². The first kappa shape index (κ1) is 10.5. The van der Waals surface area contributed by atoms with Crippen LogP contribution >= 0.6 is 38.9 Å². The van der Waals surface area contributed by atoms with Gasteiger partial charge in [0, 0.05) is 19.5 Å². The van der Waals surface area contributed by atoms with E-state index in [9.17, 15) is 4.79 Å². The lowest BCUT2D eigenvalue weighted by Crippen LogP contribution is -2.24. The van der Waals surface area contributed by atoms with Gasteiger partial charge in [-0.3, -0.25) is 4.79 Å². The molecule has 0 spiro atoms. The van der Waals surface area contributed by atoms with Crippen molar-refractivity contribution in [2.45, 2.75) is 18.3 Å². The molecular formula is C9H9BrClNOS. The van der Waals surface area contributed by atoms with E-state index in [1.54, 1.807) is 11.3 Å². The van der Waals surface area contributed by atoms with Gasteiger partial charge in [-0.1, -0.05) is 0 Å². The van der Waals surface area contributed by atoms with E-state index in [0.29, 0.717) is 19.5 Å². The molecule has 1 unspecified atom stereocenters. The summed E-state index contributed by atoms with van der Waals surface area (Å²) in [5.74, 6) is 0.156. The predicted molar refractivity (Wildman–Crippen MR) is 61.7 cm³/mol. The van der Waals surface area contributed by atoms with Crippen LogP contribution in [0, 0.1) is 0 Å². The Kier molecular flexibility index (Phi) is 3.14. The van der Waals surface area contributed by atoms with Crippen LogP contribution in [0.15, 0.2) is 15.2 Å². The van der Waals surface area contributed by atoms with Gasteiger partial charge in [0.05, 0.1) is 9.16 Å². The number of alkyl halides is 1. The smallest absolute Gasteiger partial charge is 0.224 e. The van der Waals surface area contributed by atoms with E-state index in [2.05, 4.69) is 15.9 Å². The minimum Gasteiger partial charge on any atom is -0.337 e. The number of hydrogen-bond acceptors (Lipinski definition) is 2. The number of carbonyl (C=O) groups is 1. The summed E-state index contributed by atoms with van der Waals surface area (Å²) in [6, 6.07) is 2.03. The third kappa shape index (κ3) is 2.12. The summed E-state index contributed by atoms with van der Waals surface area (Å²) in [5.41, 5.74) is 1.16. The van der Waals surface area contributed by atoms with Crippen LogP contribution in [0.3, 0.4) is 0 Å². The molecule has 1 aliphatic heterocycles. The van der Waals surface area contributed by atoms with E-state index < -0.39 is 0 Å². The van der Waals surface area contributed by atoms with E-state index >= 15 is 0 Å². The number of halogens is 2. The summed E-state index contributed by atoms with van der Waals surface area (Å²) < 4.78 is 1.10. The predicted octanol–water partition coefficient (Wildman–Crippen LogP) is 2.85. The molecule has 0 aromatic carbocycles. The van der Waals surface area contributed by atoms with Crippen molar-refractivity contribution in [3.8, 4) is 0 Å². The van der Waals surface area contributed by atoms with Crippen molar-refractivity contribution in [1.82, 2.24) is 4.90 Å². The van der Waals surface area contributed by atoms with Crippen molar-refractivity contribution in [2.75, 3.05) is 6.54 Å². The Bertz CT molecular complexity index is 354. The van der Waals surface area contributed by atoms with E-state index in [1.165, 1.54) is 0 Å². The second-order valence-corrected chi connectivity index (χ2v) is 6.15. The topological polar surface area (TPSA) is 20.3 Å². The molecule has 0 aliphatic carbocycles. The van der Waals surface area contributed by atoms with Gasteiger partial charge < -0.3 is 4.90 Å². The molecule has 1 aliphatic rings. The fourth-order valence-corrected chi connectivity index (χ4v) is 3.03. The van der Waals surface area contributed by atoms with Crippen LogP contribution in [0.5, 0.6) is 0 Å². The normalized spacial score (nSPS) is 22.0. The number of amides is 1. The fraction of sp³-hybridized carbons (Fsp3) is 0.444. The summed E-state index contributed by atoms with van der Waals surface area (Å²) in [4.78, 5) is 13.3. The SMILES string of the molecule is O=C1CC(Cl)CN1Cc1ccsc1Br. The molecule has 1 amide bonds. The first-order valence-electron chi connectivity index (χ1n) is 4.30. The van der Waals surface area contributed by atoms with Crippen LogP contribution in [0.2, 0.25) is 0 Å². The highest BCUT2D eigenvalue weighted by Gasteiger charge is 2.28. The fourth-order valence-electron chi connectivity index (χ4n) is 1.51. The molecule has 1 fully saturated rings. The Morgan fingerprint density at radius 2 is 2.50 bits per heavy atom. The molecule has 0 radical (unpaired) electrons. The maximum absolute atomic E-state index is 11.5. The Morgan fingerprint density at radius 1 is 1.71 bits per heavy atom. The third-order valence-corrected chi connectivity index (χ3v) is 4.33. The highest BCUT2D eigenvalue weighted by molar-refractivity contribution is 9.11. The molecular weight excluding hydrogens is 286 g/mol. The van der Waals surface area contributed by atoms with Crippen LogP contribution in [0.1, 0.15) is 12.0 Å². The quantitative estimate of drug-likeness (QED) is 0.768. The van der Waals surface area contributed by atoms with Gasteiger partial charge >= 0.3 is 0 Å². The van der Waals surface area contributed by atoms with Crippen LogP contribution in [-0.4, -0.2) is 22.7 Å². The molecule has 0 saturated carbocycles. The standard InChI is InChI=1S/C9H9BrClNOS/c10-9-6(1-2-14-9)4-12-5-7(11)3-8(12)13/h1-2,7H,3-5H2. The maximum Gasteiger partial charge on any atom is 0.224 e. The average molecular weight is 295 g/mol. The average Bonchev–Trinajstić information content (AvgIpc) is 2.62. The van der Waals surface area contributed by atoms with E-state index in [4.69, 9.17) is 11.6 Å². The Morgan fingerprint density at radius 3 is 3.00 bits per heavy atom. The second kappa shape index (κ2) is 4.21. The van der Waals surface area contributed by atoms with Crippen molar-refractivity contribution >= 4 is 44.8 Å². The van der Waals surface area contributed by atoms with Gasteiger partial charge in [-0.15, -0.1) is 22.9 Å². The molecule has 1 atom stereocenters. The van der Waals surface area contributed by atoms with Gasteiger partial charge in [0.25, 0.3) is 0 Å². The molecule has 2 nitrogen and oxygen atoms in total. The molecule has 0 N–H and O–H groups in total. The summed E-state index contributed by atoms with van der Waals surface area (Å²) in [6.45, 7) is 1.34. The number of thiophene rings is 1.